The molecule has 3 heteroatoms. The van der Waals surface area contributed by atoms with Gasteiger partial charge in [-0.25, -0.2) is 0 Å². The van der Waals surface area contributed by atoms with Crippen LogP contribution in [-0.2, 0) is 13.0 Å². The van der Waals surface area contributed by atoms with Gasteiger partial charge >= 0.3 is 0 Å². The number of hydrogen-bond donors (Lipinski definition) is 1. The van der Waals surface area contributed by atoms with Crippen molar-refractivity contribution < 1.29 is 0 Å². The average molecular weight is 247 g/mol. The third-order valence-corrected chi connectivity index (χ3v) is 2.79. The van der Waals surface area contributed by atoms with Gasteiger partial charge in [0.2, 0.25) is 0 Å². The van der Waals surface area contributed by atoms with Gasteiger partial charge in [0.15, 0.2) is 0 Å². The quantitative estimate of drug-likeness (QED) is 0.902. The van der Waals surface area contributed by atoms with E-state index in [9.17, 15) is 0 Å². The molecule has 0 saturated carbocycles. The number of nitriles is 2. The van der Waals surface area contributed by atoms with Crippen LogP contribution in [-0.4, -0.2) is 0 Å². The Morgan fingerprint density at radius 1 is 0.947 bits per heavy atom. The molecule has 2 rings (SSSR count). The van der Waals surface area contributed by atoms with Crippen molar-refractivity contribution in [2.24, 2.45) is 0 Å². The van der Waals surface area contributed by atoms with Crippen LogP contribution in [0.4, 0.5) is 5.69 Å². The molecule has 0 saturated heterocycles. The molecule has 0 spiro atoms. The van der Waals surface area contributed by atoms with Gasteiger partial charge in [0.25, 0.3) is 0 Å². The minimum absolute atomic E-state index is 0.435. The molecule has 0 aliphatic rings. The zero-order valence-electron chi connectivity index (χ0n) is 10.4. The third-order valence-electron chi connectivity index (χ3n) is 2.79. The lowest BCUT2D eigenvalue weighted by Crippen LogP contribution is -1.99. The molecule has 92 valence electrons. The Bertz CT molecular complexity index is 630. The second kappa shape index (κ2) is 6.23. The Kier molecular flexibility index (Phi) is 4.16. The maximum atomic E-state index is 8.83. The first-order valence-electron chi connectivity index (χ1n) is 6.00. The van der Waals surface area contributed by atoms with Crippen LogP contribution in [0, 0.1) is 22.7 Å². The minimum Gasteiger partial charge on any atom is -0.381 e. The molecule has 0 heterocycles. The summed E-state index contributed by atoms with van der Waals surface area (Å²) in [5.74, 6) is 0. The van der Waals surface area contributed by atoms with Crippen molar-refractivity contribution in [2.75, 3.05) is 5.32 Å². The van der Waals surface area contributed by atoms with Crippen LogP contribution in [0.2, 0.25) is 0 Å². The summed E-state index contributed by atoms with van der Waals surface area (Å²) in [6, 6.07) is 19.6. The fourth-order valence-corrected chi connectivity index (χ4v) is 1.79. The van der Waals surface area contributed by atoms with Crippen LogP contribution in [0.5, 0.6) is 0 Å². The summed E-state index contributed by atoms with van der Waals surface area (Å²) >= 11 is 0. The smallest absolute Gasteiger partial charge is 0.0991 e. The van der Waals surface area contributed by atoms with E-state index in [4.69, 9.17) is 10.5 Å². The highest BCUT2D eigenvalue weighted by Gasteiger charge is 1.97. The zero-order chi connectivity index (χ0) is 13.5. The summed E-state index contributed by atoms with van der Waals surface area (Å²) in [5.41, 5.74) is 3.76. The van der Waals surface area contributed by atoms with E-state index in [2.05, 4.69) is 17.5 Å². The number of benzene rings is 2. The number of hydrogen-bond acceptors (Lipinski definition) is 3. The van der Waals surface area contributed by atoms with Gasteiger partial charge in [-0.05, 0) is 35.4 Å². The third kappa shape index (κ3) is 3.59. The molecule has 0 aromatic heterocycles. The number of nitrogens with one attached hydrogen (secondary N) is 1. The average Bonchev–Trinajstić information content (AvgIpc) is 2.47. The van der Waals surface area contributed by atoms with Crippen molar-refractivity contribution in [1.82, 2.24) is 0 Å². The molecule has 3 nitrogen and oxygen atoms in total. The Morgan fingerprint density at radius 3 is 2.42 bits per heavy atom. The molecule has 2 aromatic carbocycles. The molecule has 19 heavy (non-hydrogen) atoms. The monoisotopic (exact) mass is 247 g/mol. The van der Waals surface area contributed by atoms with E-state index >= 15 is 0 Å². The maximum absolute atomic E-state index is 8.83. The molecule has 0 aliphatic carbocycles. The van der Waals surface area contributed by atoms with E-state index in [0.717, 1.165) is 16.8 Å². The Labute approximate surface area is 112 Å². The molecule has 0 aliphatic heterocycles. The molecule has 0 bridgehead atoms. The van der Waals surface area contributed by atoms with Gasteiger partial charge in [-0.15, -0.1) is 0 Å². The van der Waals surface area contributed by atoms with Gasteiger partial charge in [0, 0.05) is 12.2 Å². The van der Waals surface area contributed by atoms with E-state index in [1.54, 1.807) is 6.07 Å². The topological polar surface area (TPSA) is 59.6 Å². The first-order valence-corrected chi connectivity index (χ1v) is 6.00. The van der Waals surface area contributed by atoms with Gasteiger partial charge in [-0.3, -0.25) is 0 Å². The highest BCUT2D eigenvalue weighted by molar-refractivity contribution is 5.46. The van der Waals surface area contributed by atoms with Crippen molar-refractivity contribution >= 4 is 5.69 Å². The molecular formula is C16H13N3. The molecule has 0 fully saturated rings. The Hall–Kier alpha value is -2.78. The summed E-state index contributed by atoms with van der Waals surface area (Å²) in [7, 11) is 0. The van der Waals surface area contributed by atoms with Crippen LogP contribution in [0.3, 0.4) is 0 Å². The second-order valence-electron chi connectivity index (χ2n) is 4.20. The van der Waals surface area contributed by atoms with E-state index in [1.165, 1.54) is 0 Å². The molecule has 2 aromatic rings. The lowest BCUT2D eigenvalue weighted by atomic mass is 10.1. The van der Waals surface area contributed by atoms with Crippen LogP contribution in [0.15, 0.2) is 48.5 Å². The number of nitrogens with zero attached hydrogens (tertiary/aromatic N) is 2. The van der Waals surface area contributed by atoms with Gasteiger partial charge < -0.3 is 5.32 Å². The highest BCUT2D eigenvalue weighted by Crippen LogP contribution is 2.12. The van der Waals surface area contributed by atoms with E-state index < -0.39 is 0 Å². The van der Waals surface area contributed by atoms with Gasteiger partial charge in [0.05, 0.1) is 24.1 Å². The van der Waals surface area contributed by atoms with Crippen LogP contribution >= 0.6 is 0 Å². The maximum Gasteiger partial charge on any atom is 0.0991 e. The van der Waals surface area contributed by atoms with Crippen molar-refractivity contribution in [3.05, 3.63) is 65.2 Å². The van der Waals surface area contributed by atoms with Gasteiger partial charge in [-0.2, -0.15) is 10.5 Å². The molecule has 1 N–H and O–H groups in total. The standard InChI is InChI=1S/C16H13N3/c17-9-8-13-4-6-16(7-5-13)19-12-15-3-1-2-14(10-15)11-18/h1-7,10,19H,8,12H2. The summed E-state index contributed by atoms with van der Waals surface area (Å²) in [6.07, 6.45) is 0.435. The molecule has 0 atom stereocenters. The number of rotatable bonds is 4. The van der Waals surface area contributed by atoms with Crippen molar-refractivity contribution in [1.29, 1.82) is 10.5 Å². The normalized spacial score (nSPS) is 9.37. The Balaban J connectivity index is 1.98. The summed E-state index contributed by atoms with van der Waals surface area (Å²) in [6.45, 7) is 0.674. The largest absolute Gasteiger partial charge is 0.381 e. The van der Waals surface area contributed by atoms with Crippen LogP contribution in [0.1, 0.15) is 16.7 Å². The van der Waals surface area contributed by atoms with Crippen molar-refractivity contribution in [3.63, 3.8) is 0 Å². The van der Waals surface area contributed by atoms with Crippen LogP contribution < -0.4 is 5.32 Å². The Morgan fingerprint density at radius 2 is 1.74 bits per heavy atom. The molecule has 0 radical (unpaired) electrons. The fraction of sp³-hybridized carbons (Fsp3) is 0.125. The lowest BCUT2D eigenvalue weighted by molar-refractivity contribution is 1.14. The fourth-order valence-electron chi connectivity index (χ4n) is 1.79. The minimum atomic E-state index is 0.435. The zero-order valence-corrected chi connectivity index (χ0v) is 10.4. The van der Waals surface area contributed by atoms with E-state index in [-0.39, 0.29) is 0 Å². The van der Waals surface area contributed by atoms with Gasteiger partial charge in [-0.1, -0.05) is 24.3 Å². The second-order valence-corrected chi connectivity index (χ2v) is 4.20. The molecule has 0 amide bonds. The lowest BCUT2D eigenvalue weighted by Gasteiger charge is -2.07. The van der Waals surface area contributed by atoms with Gasteiger partial charge in [0.1, 0.15) is 0 Å². The SMILES string of the molecule is N#CCc1ccc(NCc2cccc(C#N)c2)cc1. The summed E-state index contributed by atoms with van der Waals surface area (Å²) in [4.78, 5) is 0. The molecular weight excluding hydrogens is 234 g/mol. The first-order chi connectivity index (χ1) is 9.31. The first kappa shape index (κ1) is 12.7. The summed E-state index contributed by atoms with van der Waals surface area (Å²) < 4.78 is 0. The van der Waals surface area contributed by atoms with Crippen molar-refractivity contribution in [2.45, 2.75) is 13.0 Å². The van der Waals surface area contributed by atoms with E-state index in [0.29, 0.717) is 18.5 Å². The van der Waals surface area contributed by atoms with Crippen molar-refractivity contribution in [3.8, 4) is 12.1 Å². The summed E-state index contributed by atoms with van der Waals surface area (Å²) in [5, 5.41) is 20.7. The predicted octanol–water partition coefficient (Wildman–Crippen LogP) is 3.24. The number of anilines is 1. The molecule has 0 unspecified atom stereocenters. The predicted molar refractivity (Wildman–Crippen MR) is 74.2 cm³/mol. The van der Waals surface area contributed by atoms with E-state index in [1.807, 2.05) is 42.5 Å². The van der Waals surface area contributed by atoms with Crippen LogP contribution in [0.25, 0.3) is 0 Å². The highest BCUT2D eigenvalue weighted by atomic mass is 14.9.